The number of ether oxygens (including phenoxy) is 3. The Morgan fingerprint density at radius 3 is 2.18 bits per heavy atom. The van der Waals surface area contributed by atoms with E-state index in [2.05, 4.69) is 66.9 Å². The van der Waals surface area contributed by atoms with Gasteiger partial charge < -0.3 is 14.2 Å². The Kier molecular flexibility index (Phi) is 11.9. The molecule has 45 heavy (non-hydrogen) atoms. The van der Waals surface area contributed by atoms with Crippen molar-refractivity contribution < 1.29 is 23.8 Å². The molecule has 250 valence electrons. The van der Waals surface area contributed by atoms with Crippen molar-refractivity contribution in [1.29, 1.82) is 0 Å². The summed E-state index contributed by atoms with van der Waals surface area (Å²) in [6.45, 7) is 22.3. The van der Waals surface area contributed by atoms with Crippen LogP contribution in [0.1, 0.15) is 87.6 Å². The standard InChI is InChI=1S/C36H55NO5S2Si/c1-24(2)45(25(3)4,26(5)6)21-17-31-27(7)32(42-35(8,9)41-31)30(16-18-36(10)43-19-20-44-36)33(38)37-29(23-40-34(37)39)22-28-14-12-11-13-15-28/h11-15,24-27,29-32H,16,18-20,22-23H2,1-10H3/t27-,29-,30+,31-,32+/m0/s1. The fourth-order valence-corrected chi connectivity index (χ4v) is 15.9. The summed E-state index contributed by atoms with van der Waals surface area (Å²) in [5, 5.41) is 0. The van der Waals surface area contributed by atoms with E-state index in [4.69, 9.17) is 14.2 Å². The fourth-order valence-electron chi connectivity index (χ4n) is 7.78. The molecule has 0 N–H and O–H groups in total. The van der Waals surface area contributed by atoms with E-state index < -0.39 is 32.0 Å². The Hall–Kier alpha value is -1.44. The lowest BCUT2D eigenvalue weighted by atomic mass is 9.82. The second kappa shape index (κ2) is 14.8. The molecule has 0 unspecified atom stereocenters. The number of rotatable bonds is 10. The summed E-state index contributed by atoms with van der Waals surface area (Å²) in [4.78, 5) is 29.3. The number of hydrogen-bond acceptors (Lipinski definition) is 7. The minimum Gasteiger partial charge on any atom is -0.447 e. The van der Waals surface area contributed by atoms with Gasteiger partial charge in [-0.1, -0.05) is 84.7 Å². The summed E-state index contributed by atoms with van der Waals surface area (Å²) in [6.07, 6.45) is 0.626. The van der Waals surface area contributed by atoms with E-state index in [1.807, 2.05) is 67.7 Å². The van der Waals surface area contributed by atoms with E-state index in [1.165, 1.54) is 4.90 Å². The van der Waals surface area contributed by atoms with Crippen molar-refractivity contribution in [1.82, 2.24) is 4.90 Å². The summed E-state index contributed by atoms with van der Waals surface area (Å²) >= 11 is 3.93. The number of cyclic esters (lactones) is 1. The van der Waals surface area contributed by atoms with Gasteiger partial charge in [-0.15, -0.1) is 29.1 Å². The number of benzene rings is 1. The highest BCUT2D eigenvalue weighted by molar-refractivity contribution is 8.21. The molecular weight excluding hydrogens is 619 g/mol. The van der Waals surface area contributed by atoms with Crippen molar-refractivity contribution in [2.45, 2.75) is 133 Å². The topological polar surface area (TPSA) is 65.1 Å². The first-order chi connectivity index (χ1) is 21.1. The average molecular weight is 674 g/mol. The number of thioether (sulfide) groups is 2. The van der Waals surface area contributed by atoms with Crippen LogP contribution in [0.2, 0.25) is 16.6 Å². The minimum atomic E-state index is -2.00. The lowest BCUT2D eigenvalue weighted by molar-refractivity contribution is -0.314. The Balaban J connectivity index is 1.69. The maximum atomic E-state index is 14.7. The molecule has 4 rings (SSSR count). The molecule has 3 heterocycles. The number of carbonyl (C=O) groups excluding carboxylic acids is 2. The predicted molar refractivity (Wildman–Crippen MR) is 190 cm³/mol. The summed E-state index contributed by atoms with van der Waals surface area (Å²) in [5.74, 6) is 4.04. The molecule has 0 bridgehead atoms. The molecular formula is C36H55NO5S2Si. The molecule has 1 aromatic rings. The Bertz CT molecular complexity index is 1220. The van der Waals surface area contributed by atoms with Crippen molar-refractivity contribution in [3.05, 3.63) is 35.9 Å². The van der Waals surface area contributed by atoms with Gasteiger partial charge in [0.2, 0.25) is 5.91 Å². The average Bonchev–Trinajstić information content (AvgIpc) is 3.56. The van der Waals surface area contributed by atoms with E-state index in [0.29, 0.717) is 29.5 Å². The summed E-state index contributed by atoms with van der Waals surface area (Å²) in [6, 6.07) is 9.64. The number of hydrogen-bond donors (Lipinski definition) is 0. The molecule has 9 heteroatoms. The third kappa shape index (κ3) is 8.17. The first-order valence-electron chi connectivity index (χ1n) is 16.8. The van der Waals surface area contributed by atoms with Gasteiger partial charge in [-0.05, 0) is 62.2 Å². The van der Waals surface area contributed by atoms with E-state index in [9.17, 15) is 9.59 Å². The van der Waals surface area contributed by atoms with Crippen molar-refractivity contribution in [3.8, 4) is 11.5 Å². The first-order valence-corrected chi connectivity index (χ1v) is 21.0. The van der Waals surface area contributed by atoms with Gasteiger partial charge in [-0.2, -0.15) is 0 Å². The van der Waals surface area contributed by atoms with Crippen LogP contribution in [-0.2, 0) is 25.4 Å². The molecule has 2 amide bonds. The van der Waals surface area contributed by atoms with Crippen LogP contribution in [0, 0.1) is 23.3 Å². The minimum absolute atomic E-state index is 0.0353. The Labute approximate surface area is 281 Å². The predicted octanol–water partition coefficient (Wildman–Crippen LogP) is 8.55. The lowest BCUT2D eigenvalue weighted by Crippen LogP contribution is -2.56. The lowest BCUT2D eigenvalue weighted by Gasteiger charge is -2.46. The fraction of sp³-hybridized carbons (Fsp3) is 0.722. The van der Waals surface area contributed by atoms with Gasteiger partial charge in [0.15, 0.2) is 5.79 Å². The highest BCUT2D eigenvalue weighted by atomic mass is 32.2. The van der Waals surface area contributed by atoms with E-state index in [0.717, 1.165) is 23.5 Å². The molecule has 1 aromatic carbocycles. The van der Waals surface area contributed by atoms with E-state index in [-0.39, 0.29) is 34.7 Å². The van der Waals surface area contributed by atoms with E-state index >= 15 is 0 Å². The van der Waals surface area contributed by atoms with Crippen LogP contribution in [0.5, 0.6) is 0 Å². The van der Waals surface area contributed by atoms with Crippen molar-refractivity contribution >= 4 is 43.6 Å². The Morgan fingerprint density at radius 2 is 1.60 bits per heavy atom. The van der Waals surface area contributed by atoms with Gasteiger partial charge in [0.05, 0.1) is 22.1 Å². The van der Waals surface area contributed by atoms with Gasteiger partial charge in [-0.3, -0.25) is 4.79 Å². The van der Waals surface area contributed by atoms with Gasteiger partial charge in [0.25, 0.3) is 0 Å². The zero-order valence-corrected chi connectivity index (χ0v) is 31.7. The zero-order chi connectivity index (χ0) is 33.2. The molecule has 6 nitrogen and oxygen atoms in total. The highest BCUT2D eigenvalue weighted by Crippen LogP contribution is 2.48. The number of nitrogens with zero attached hydrogens (tertiary/aromatic N) is 1. The Morgan fingerprint density at radius 1 is 1.00 bits per heavy atom. The van der Waals surface area contributed by atoms with Crippen LogP contribution in [0.4, 0.5) is 4.79 Å². The van der Waals surface area contributed by atoms with Gasteiger partial charge in [-0.25, -0.2) is 9.69 Å². The number of amides is 2. The molecule has 0 saturated carbocycles. The summed E-state index contributed by atoms with van der Waals surface area (Å²) in [7, 11) is -2.00. The van der Waals surface area contributed by atoms with Crippen molar-refractivity contribution in [3.63, 3.8) is 0 Å². The van der Waals surface area contributed by atoms with Crippen LogP contribution in [0.15, 0.2) is 30.3 Å². The van der Waals surface area contributed by atoms with Crippen LogP contribution < -0.4 is 0 Å². The monoisotopic (exact) mass is 673 g/mol. The smallest absolute Gasteiger partial charge is 0.416 e. The molecule has 0 radical (unpaired) electrons. The van der Waals surface area contributed by atoms with Crippen molar-refractivity contribution in [2.24, 2.45) is 11.8 Å². The third-order valence-electron chi connectivity index (χ3n) is 10.2. The first kappa shape index (κ1) is 36.4. The summed E-state index contributed by atoms with van der Waals surface area (Å²) in [5.41, 5.74) is 6.45. The molecule has 3 fully saturated rings. The van der Waals surface area contributed by atoms with Crippen LogP contribution in [-0.4, -0.2) is 71.2 Å². The largest absolute Gasteiger partial charge is 0.447 e. The number of imide groups is 1. The second-order valence-corrected chi connectivity index (χ2v) is 23.7. The summed E-state index contributed by atoms with van der Waals surface area (Å²) < 4.78 is 18.8. The van der Waals surface area contributed by atoms with Crippen molar-refractivity contribution in [2.75, 3.05) is 18.1 Å². The van der Waals surface area contributed by atoms with E-state index in [1.54, 1.807) is 0 Å². The van der Waals surface area contributed by atoms with Crippen LogP contribution in [0.25, 0.3) is 0 Å². The van der Waals surface area contributed by atoms with Gasteiger partial charge in [0.1, 0.15) is 20.8 Å². The molecule has 3 saturated heterocycles. The second-order valence-electron chi connectivity index (χ2n) is 14.7. The van der Waals surface area contributed by atoms with Crippen LogP contribution >= 0.6 is 23.5 Å². The normalized spacial score (nSPS) is 27.0. The quantitative estimate of drug-likeness (QED) is 0.182. The maximum absolute atomic E-state index is 14.7. The van der Waals surface area contributed by atoms with Gasteiger partial charge in [0, 0.05) is 17.4 Å². The maximum Gasteiger partial charge on any atom is 0.416 e. The van der Waals surface area contributed by atoms with Crippen LogP contribution in [0.3, 0.4) is 0 Å². The third-order valence-corrected chi connectivity index (χ3v) is 19.9. The number of carbonyl (C=O) groups is 2. The SMILES string of the molecule is CC(C)[Si](C#C[C@@H]1OC(C)(C)O[C@@H]([C@@H](CCC2(C)SCCS2)C(=O)N2C(=O)OC[C@@H]2Cc2ccccc2)[C@H]1C)(C(C)C)C(C)C. The zero-order valence-electron chi connectivity index (χ0n) is 29.1. The highest BCUT2D eigenvalue weighted by Gasteiger charge is 2.51. The molecule has 3 aliphatic rings. The molecule has 0 spiro atoms. The molecule has 5 atom stereocenters. The molecule has 0 aliphatic carbocycles. The molecule has 0 aromatic heterocycles. The van der Waals surface area contributed by atoms with Gasteiger partial charge >= 0.3 is 6.09 Å². The molecule has 3 aliphatic heterocycles.